The third-order valence-corrected chi connectivity index (χ3v) is 4.46. The second kappa shape index (κ2) is 11.0. The van der Waals surface area contributed by atoms with Gasteiger partial charge in [-0.3, -0.25) is 9.59 Å². The van der Waals surface area contributed by atoms with Gasteiger partial charge in [-0.15, -0.1) is 0 Å². The fraction of sp³-hybridized carbons (Fsp3) is 0.364. The van der Waals surface area contributed by atoms with Gasteiger partial charge in [-0.2, -0.15) is 0 Å². The van der Waals surface area contributed by atoms with E-state index in [1.54, 1.807) is 19.1 Å². The lowest BCUT2D eigenvalue weighted by Crippen LogP contribution is -2.33. The topological polar surface area (TPSA) is 65.1 Å². The number of methoxy groups -OCH3 is 3. The zero-order valence-corrected chi connectivity index (χ0v) is 16.6. The first-order chi connectivity index (χ1) is 13.6. The first-order valence-electron chi connectivity index (χ1n) is 9.16. The van der Waals surface area contributed by atoms with E-state index in [0.29, 0.717) is 37.4 Å². The van der Waals surface area contributed by atoms with Crippen molar-refractivity contribution in [2.45, 2.75) is 25.8 Å². The molecule has 6 heteroatoms. The first kappa shape index (κ1) is 21.3. The molecule has 0 radical (unpaired) electrons. The lowest BCUT2D eigenvalue weighted by Gasteiger charge is -2.22. The summed E-state index contributed by atoms with van der Waals surface area (Å²) < 4.78 is 15.3. The summed E-state index contributed by atoms with van der Waals surface area (Å²) in [5.41, 5.74) is 2.01. The molecule has 0 saturated heterocycles. The summed E-state index contributed by atoms with van der Waals surface area (Å²) in [4.78, 5) is 26.0. The molecule has 0 heterocycles. The SMILES string of the molecule is COC(=O)CCN(Cc1ccccc1)C(=O)CCc1ccc(OC)c(OC)c1. The largest absolute Gasteiger partial charge is 0.493 e. The summed E-state index contributed by atoms with van der Waals surface area (Å²) in [7, 11) is 4.52. The predicted molar refractivity (Wildman–Crippen MR) is 106 cm³/mol. The Kier molecular flexibility index (Phi) is 8.34. The number of ether oxygens (including phenoxy) is 3. The van der Waals surface area contributed by atoms with Crippen molar-refractivity contribution in [1.29, 1.82) is 0 Å². The monoisotopic (exact) mass is 385 g/mol. The molecule has 0 aliphatic heterocycles. The minimum absolute atomic E-state index is 0.0115. The van der Waals surface area contributed by atoms with E-state index in [-0.39, 0.29) is 18.3 Å². The van der Waals surface area contributed by atoms with Gasteiger partial charge in [0, 0.05) is 19.5 Å². The average Bonchev–Trinajstić information content (AvgIpc) is 2.74. The van der Waals surface area contributed by atoms with Crippen LogP contribution in [0.5, 0.6) is 11.5 Å². The molecule has 0 bridgehead atoms. The molecule has 1 amide bonds. The molecule has 2 aromatic carbocycles. The minimum Gasteiger partial charge on any atom is -0.493 e. The molecule has 0 atom stereocenters. The molecule has 2 rings (SSSR count). The van der Waals surface area contributed by atoms with Crippen LogP contribution in [-0.4, -0.2) is 44.7 Å². The Balaban J connectivity index is 2.03. The molecule has 0 unspecified atom stereocenters. The van der Waals surface area contributed by atoms with E-state index in [9.17, 15) is 9.59 Å². The minimum atomic E-state index is -0.328. The average molecular weight is 385 g/mol. The highest BCUT2D eigenvalue weighted by atomic mass is 16.5. The fourth-order valence-corrected chi connectivity index (χ4v) is 2.87. The number of rotatable bonds is 10. The smallest absolute Gasteiger partial charge is 0.307 e. The summed E-state index contributed by atoms with van der Waals surface area (Å²) in [5, 5.41) is 0. The zero-order chi connectivity index (χ0) is 20.4. The van der Waals surface area contributed by atoms with Gasteiger partial charge in [0.25, 0.3) is 0 Å². The lowest BCUT2D eigenvalue weighted by atomic mass is 10.1. The van der Waals surface area contributed by atoms with Gasteiger partial charge in [-0.25, -0.2) is 0 Å². The summed E-state index contributed by atoms with van der Waals surface area (Å²) in [6.07, 6.45) is 1.08. The highest BCUT2D eigenvalue weighted by Gasteiger charge is 2.16. The zero-order valence-electron chi connectivity index (χ0n) is 16.6. The van der Waals surface area contributed by atoms with Crippen LogP contribution in [0.2, 0.25) is 0 Å². The van der Waals surface area contributed by atoms with E-state index in [4.69, 9.17) is 14.2 Å². The Morgan fingerprint density at radius 2 is 1.57 bits per heavy atom. The van der Waals surface area contributed by atoms with Gasteiger partial charge < -0.3 is 19.1 Å². The van der Waals surface area contributed by atoms with Crippen LogP contribution >= 0.6 is 0 Å². The number of hydrogen-bond acceptors (Lipinski definition) is 5. The van der Waals surface area contributed by atoms with Crippen LogP contribution in [0.4, 0.5) is 0 Å². The molecule has 0 spiro atoms. The Morgan fingerprint density at radius 1 is 0.857 bits per heavy atom. The van der Waals surface area contributed by atoms with Crippen LogP contribution in [0.15, 0.2) is 48.5 Å². The Bertz CT molecular complexity index is 776. The molecule has 0 aliphatic carbocycles. The molecule has 0 aliphatic rings. The van der Waals surface area contributed by atoms with Crippen LogP contribution in [0.3, 0.4) is 0 Å². The van der Waals surface area contributed by atoms with Crippen molar-refractivity contribution in [2.24, 2.45) is 0 Å². The lowest BCUT2D eigenvalue weighted by molar-refractivity contribution is -0.142. The number of nitrogens with zero attached hydrogens (tertiary/aromatic N) is 1. The maximum Gasteiger partial charge on any atom is 0.307 e. The van der Waals surface area contributed by atoms with Crippen LogP contribution < -0.4 is 9.47 Å². The van der Waals surface area contributed by atoms with Crippen LogP contribution in [0.1, 0.15) is 24.0 Å². The van der Waals surface area contributed by atoms with Crippen molar-refractivity contribution in [3.63, 3.8) is 0 Å². The molecule has 0 N–H and O–H groups in total. The second-order valence-electron chi connectivity index (χ2n) is 6.32. The predicted octanol–water partition coefficient (Wildman–Crippen LogP) is 3.23. The van der Waals surface area contributed by atoms with Gasteiger partial charge in [-0.1, -0.05) is 36.4 Å². The van der Waals surface area contributed by atoms with Crippen molar-refractivity contribution in [1.82, 2.24) is 4.90 Å². The second-order valence-corrected chi connectivity index (χ2v) is 6.32. The summed E-state index contributed by atoms with van der Waals surface area (Å²) in [6, 6.07) is 15.4. The summed E-state index contributed by atoms with van der Waals surface area (Å²) >= 11 is 0. The Morgan fingerprint density at radius 3 is 2.21 bits per heavy atom. The molecule has 0 aromatic heterocycles. The van der Waals surface area contributed by atoms with Crippen molar-refractivity contribution < 1.29 is 23.8 Å². The van der Waals surface area contributed by atoms with Crippen molar-refractivity contribution in [3.05, 3.63) is 59.7 Å². The van der Waals surface area contributed by atoms with Crippen molar-refractivity contribution >= 4 is 11.9 Å². The van der Waals surface area contributed by atoms with Crippen LogP contribution in [0, 0.1) is 0 Å². The van der Waals surface area contributed by atoms with Gasteiger partial charge in [0.15, 0.2) is 11.5 Å². The van der Waals surface area contributed by atoms with Crippen molar-refractivity contribution in [3.8, 4) is 11.5 Å². The third-order valence-electron chi connectivity index (χ3n) is 4.46. The normalized spacial score (nSPS) is 10.2. The Labute approximate surface area is 166 Å². The first-order valence-corrected chi connectivity index (χ1v) is 9.16. The number of hydrogen-bond donors (Lipinski definition) is 0. The summed E-state index contributed by atoms with van der Waals surface area (Å²) in [6.45, 7) is 0.787. The number of aryl methyl sites for hydroxylation is 1. The Hall–Kier alpha value is -3.02. The van der Waals surface area contributed by atoms with E-state index in [1.165, 1.54) is 7.11 Å². The standard InChI is InChI=1S/C22H27NO5/c1-26-19-11-9-17(15-20(19)27-2)10-12-21(24)23(14-13-22(25)28-3)16-18-7-5-4-6-8-18/h4-9,11,15H,10,12-14,16H2,1-3H3. The highest BCUT2D eigenvalue weighted by molar-refractivity contribution is 5.77. The maximum atomic E-state index is 12.8. The molecule has 28 heavy (non-hydrogen) atoms. The molecular formula is C22H27NO5. The molecule has 0 saturated carbocycles. The van der Waals surface area contributed by atoms with E-state index >= 15 is 0 Å². The van der Waals surface area contributed by atoms with Crippen molar-refractivity contribution in [2.75, 3.05) is 27.9 Å². The van der Waals surface area contributed by atoms with E-state index in [1.807, 2.05) is 48.5 Å². The molecular weight excluding hydrogens is 358 g/mol. The van der Waals surface area contributed by atoms with Gasteiger partial charge in [0.2, 0.25) is 5.91 Å². The van der Waals surface area contributed by atoms with E-state index in [2.05, 4.69) is 0 Å². The van der Waals surface area contributed by atoms with Gasteiger partial charge in [0.05, 0.1) is 27.8 Å². The van der Waals surface area contributed by atoms with Crippen LogP contribution in [0.25, 0.3) is 0 Å². The molecule has 6 nitrogen and oxygen atoms in total. The van der Waals surface area contributed by atoms with Crippen LogP contribution in [-0.2, 0) is 27.3 Å². The molecule has 150 valence electrons. The van der Waals surface area contributed by atoms with Gasteiger partial charge in [0.1, 0.15) is 0 Å². The fourth-order valence-electron chi connectivity index (χ4n) is 2.87. The maximum absolute atomic E-state index is 12.8. The van der Waals surface area contributed by atoms with Gasteiger partial charge >= 0.3 is 5.97 Å². The number of amides is 1. The number of benzene rings is 2. The van der Waals surface area contributed by atoms with E-state index in [0.717, 1.165) is 11.1 Å². The number of esters is 1. The summed E-state index contributed by atoms with van der Waals surface area (Å²) in [5.74, 6) is 0.953. The number of carbonyl (C=O) groups excluding carboxylic acids is 2. The molecule has 2 aromatic rings. The highest BCUT2D eigenvalue weighted by Crippen LogP contribution is 2.28. The molecule has 0 fully saturated rings. The number of carbonyl (C=O) groups is 2. The quantitative estimate of drug-likeness (QED) is 0.588. The van der Waals surface area contributed by atoms with E-state index < -0.39 is 0 Å². The van der Waals surface area contributed by atoms with Gasteiger partial charge in [-0.05, 0) is 29.7 Å². The third kappa shape index (κ3) is 6.30.